The second-order valence-corrected chi connectivity index (χ2v) is 7.04. The van der Waals surface area contributed by atoms with Crippen LogP contribution in [-0.2, 0) is 4.79 Å². The number of piperazine rings is 1. The first-order valence-electron chi connectivity index (χ1n) is 9.35. The Morgan fingerprint density at radius 2 is 1.68 bits per heavy atom. The molecule has 1 aliphatic heterocycles. The van der Waals surface area contributed by atoms with Gasteiger partial charge in [-0.25, -0.2) is 4.98 Å². The lowest BCUT2D eigenvalue weighted by molar-refractivity contribution is -0.119. The first-order valence-corrected chi connectivity index (χ1v) is 9.35. The Hall–Kier alpha value is -3.22. The number of carbonyl (C=O) groups is 3. The molecule has 1 aromatic carbocycles. The van der Waals surface area contributed by atoms with Crippen molar-refractivity contribution in [2.24, 2.45) is 0 Å². The minimum atomic E-state index is -0.353. The monoisotopic (exact) mass is 380 g/mol. The molecule has 3 amide bonds. The van der Waals surface area contributed by atoms with Crippen LogP contribution in [0.1, 0.15) is 46.3 Å². The highest BCUT2D eigenvalue weighted by Crippen LogP contribution is 2.24. The van der Waals surface area contributed by atoms with E-state index in [9.17, 15) is 14.4 Å². The van der Waals surface area contributed by atoms with E-state index in [1.54, 1.807) is 28.0 Å². The van der Waals surface area contributed by atoms with Crippen molar-refractivity contribution >= 4 is 23.9 Å². The van der Waals surface area contributed by atoms with Crippen LogP contribution in [0.25, 0.3) is 0 Å². The van der Waals surface area contributed by atoms with Gasteiger partial charge in [0.05, 0.1) is 0 Å². The number of pyridine rings is 1. The average molecular weight is 380 g/mol. The van der Waals surface area contributed by atoms with Crippen LogP contribution in [0.2, 0.25) is 0 Å². The van der Waals surface area contributed by atoms with Crippen molar-refractivity contribution in [2.45, 2.75) is 19.8 Å². The van der Waals surface area contributed by atoms with Gasteiger partial charge in [0.1, 0.15) is 11.4 Å². The van der Waals surface area contributed by atoms with Crippen molar-refractivity contribution in [1.82, 2.24) is 14.8 Å². The van der Waals surface area contributed by atoms with Crippen LogP contribution >= 0.6 is 0 Å². The van der Waals surface area contributed by atoms with Crippen LogP contribution in [0.5, 0.6) is 0 Å². The molecule has 0 unspecified atom stereocenters. The maximum atomic E-state index is 12.7. The lowest BCUT2D eigenvalue weighted by Gasteiger charge is -2.32. The molecule has 7 heteroatoms. The molecule has 1 aromatic heterocycles. The summed E-state index contributed by atoms with van der Waals surface area (Å²) in [6, 6.07) is 12.5. The summed E-state index contributed by atoms with van der Waals surface area (Å²) in [4.78, 5) is 43.7. The number of nitrogens with one attached hydrogen (secondary N) is 1. The Kier molecular flexibility index (Phi) is 6.03. The first kappa shape index (κ1) is 19.5. The Bertz CT molecular complexity index is 873. The van der Waals surface area contributed by atoms with Gasteiger partial charge < -0.3 is 15.1 Å². The first-order chi connectivity index (χ1) is 13.5. The number of hydrogen-bond donors (Lipinski definition) is 1. The third kappa shape index (κ3) is 4.36. The van der Waals surface area contributed by atoms with Gasteiger partial charge in [-0.05, 0) is 29.7 Å². The minimum absolute atomic E-state index is 0.191. The fourth-order valence-corrected chi connectivity index (χ4v) is 3.17. The molecular formula is C21H24N4O3. The maximum absolute atomic E-state index is 12.7. The maximum Gasteiger partial charge on any atom is 0.274 e. The van der Waals surface area contributed by atoms with Gasteiger partial charge in [-0.3, -0.25) is 14.4 Å². The van der Waals surface area contributed by atoms with Gasteiger partial charge in [-0.15, -0.1) is 0 Å². The zero-order valence-electron chi connectivity index (χ0n) is 16.1. The largest absolute Gasteiger partial charge is 0.342 e. The standard InChI is InChI=1S/C21H24N4O3/c1-15(2)16-6-3-4-7-17(16)23-20(27)18-8-5-9-19(22-18)21(28)25-12-10-24(14-26)11-13-25/h3-9,14-15H,10-13H2,1-2H3,(H,23,27). The molecule has 0 atom stereocenters. The predicted molar refractivity (Wildman–Crippen MR) is 106 cm³/mol. The van der Waals surface area contributed by atoms with Gasteiger partial charge in [-0.2, -0.15) is 0 Å². The van der Waals surface area contributed by atoms with Gasteiger partial charge in [0.15, 0.2) is 0 Å². The van der Waals surface area contributed by atoms with Gasteiger partial charge in [0.2, 0.25) is 6.41 Å². The molecule has 0 bridgehead atoms. The average Bonchev–Trinajstić information content (AvgIpc) is 2.73. The van der Waals surface area contributed by atoms with Crippen molar-refractivity contribution in [3.8, 4) is 0 Å². The molecule has 2 aromatic rings. The van der Waals surface area contributed by atoms with E-state index in [2.05, 4.69) is 24.1 Å². The molecule has 1 fully saturated rings. The van der Waals surface area contributed by atoms with Gasteiger partial charge in [-0.1, -0.05) is 38.1 Å². The number of aromatic nitrogens is 1. The van der Waals surface area contributed by atoms with Crippen molar-refractivity contribution in [3.63, 3.8) is 0 Å². The summed E-state index contributed by atoms with van der Waals surface area (Å²) in [5.74, 6) is -0.321. The van der Waals surface area contributed by atoms with Crippen molar-refractivity contribution in [3.05, 3.63) is 59.4 Å². The fourth-order valence-electron chi connectivity index (χ4n) is 3.17. The van der Waals surface area contributed by atoms with Crippen LogP contribution in [0.15, 0.2) is 42.5 Å². The number of para-hydroxylation sites is 1. The molecule has 7 nitrogen and oxygen atoms in total. The third-order valence-electron chi connectivity index (χ3n) is 4.78. The summed E-state index contributed by atoms with van der Waals surface area (Å²) in [6.07, 6.45) is 0.792. The molecule has 0 saturated carbocycles. The SMILES string of the molecule is CC(C)c1ccccc1NC(=O)c1cccc(C(=O)N2CCN(C=O)CC2)n1. The van der Waals surface area contributed by atoms with E-state index in [4.69, 9.17) is 0 Å². The quantitative estimate of drug-likeness (QED) is 0.808. The molecule has 2 heterocycles. The zero-order chi connectivity index (χ0) is 20.1. The van der Waals surface area contributed by atoms with E-state index in [1.165, 1.54) is 0 Å². The molecule has 28 heavy (non-hydrogen) atoms. The Morgan fingerprint density at radius 3 is 2.36 bits per heavy atom. The molecule has 0 spiro atoms. The van der Waals surface area contributed by atoms with Crippen LogP contribution in [0.3, 0.4) is 0 Å². The molecule has 0 aliphatic carbocycles. The second-order valence-electron chi connectivity index (χ2n) is 7.04. The van der Waals surface area contributed by atoms with E-state index in [0.717, 1.165) is 17.7 Å². The van der Waals surface area contributed by atoms with Gasteiger partial charge in [0, 0.05) is 31.9 Å². The number of nitrogens with zero attached hydrogens (tertiary/aromatic N) is 3. The summed E-state index contributed by atoms with van der Waals surface area (Å²) in [6.45, 7) is 6.04. The molecule has 146 valence electrons. The molecule has 1 saturated heterocycles. The summed E-state index contributed by atoms with van der Waals surface area (Å²) in [5.41, 5.74) is 2.20. The second kappa shape index (κ2) is 8.65. The van der Waals surface area contributed by atoms with Crippen molar-refractivity contribution < 1.29 is 14.4 Å². The van der Waals surface area contributed by atoms with E-state index in [-0.39, 0.29) is 29.1 Å². The number of amides is 3. The van der Waals surface area contributed by atoms with E-state index in [1.807, 2.05) is 24.3 Å². The summed E-state index contributed by atoms with van der Waals surface area (Å²) in [7, 11) is 0. The number of benzene rings is 1. The fraction of sp³-hybridized carbons (Fsp3) is 0.333. The summed E-state index contributed by atoms with van der Waals surface area (Å²) < 4.78 is 0. The highest BCUT2D eigenvalue weighted by Gasteiger charge is 2.23. The molecule has 0 radical (unpaired) electrons. The van der Waals surface area contributed by atoms with E-state index < -0.39 is 0 Å². The Balaban J connectivity index is 1.73. The lowest BCUT2D eigenvalue weighted by Crippen LogP contribution is -2.48. The smallest absolute Gasteiger partial charge is 0.274 e. The molecule has 1 N–H and O–H groups in total. The highest BCUT2D eigenvalue weighted by atomic mass is 16.2. The number of hydrogen-bond acceptors (Lipinski definition) is 4. The van der Waals surface area contributed by atoms with Crippen LogP contribution in [0.4, 0.5) is 5.69 Å². The number of rotatable bonds is 5. The normalized spacial score (nSPS) is 14.1. The number of carbonyl (C=O) groups excluding carboxylic acids is 3. The predicted octanol–water partition coefficient (Wildman–Crippen LogP) is 2.37. The Morgan fingerprint density at radius 1 is 1.00 bits per heavy atom. The summed E-state index contributed by atoms with van der Waals surface area (Å²) in [5, 5.41) is 2.90. The number of anilines is 1. The third-order valence-corrected chi connectivity index (χ3v) is 4.78. The minimum Gasteiger partial charge on any atom is -0.342 e. The highest BCUT2D eigenvalue weighted by molar-refractivity contribution is 6.04. The van der Waals surface area contributed by atoms with Gasteiger partial charge >= 0.3 is 0 Å². The Labute approximate surface area is 164 Å². The lowest BCUT2D eigenvalue weighted by atomic mass is 10.0. The van der Waals surface area contributed by atoms with Crippen molar-refractivity contribution in [1.29, 1.82) is 0 Å². The van der Waals surface area contributed by atoms with Gasteiger partial charge in [0.25, 0.3) is 11.8 Å². The van der Waals surface area contributed by atoms with Crippen LogP contribution in [-0.4, -0.2) is 59.2 Å². The summed E-state index contributed by atoms with van der Waals surface area (Å²) >= 11 is 0. The zero-order valence-corrected chi connectivity index (χ0v) is 16.1. The van der Waals surface area contributed by atoms with E-state index in [0.29, 0.717) is 26.2 Å². The van der Waals surface area contributed by atoms with Crippen LogP contribution in [0, 0.1) is 0 Å². The van der Waals surface area contributed by atoms with Crippen molar-refractivity contribution in [2.75, 3.05) is 31.5 Å². The molecule has 1 aliphatic rings. The molecular weight excluding hydrogens is 356 g/mol. The molecule has 3 rings (SSSR count). The topological polar surface area (TPSA) is 82.6 Å². The van der Waals surface area contributed by atoms with E-state index >= 15 is 0 Å². The van der Waals surface area contributed by atoms with Crippen LogP contribution < -0.4 is 5.32 Å².